The fraction of sp³-hybridized carbons (Fsp3) is 0.529. The molecule has 3 rings (SSSR count). The number of pyridine rings is 1. The van der Waals surface area contributed by atoms with Gasteiger partial charge in [-0.15, -0.1) is 0 Å². The molecule has 3 heterocycles. The third-order valence-electron chi connectivity index (χ3n) is 4.56. The Balaban J connectivity index is 1.53. The Morgan fingerprint density at radius 3 is 2.56 bits per heavy atom. The molecule has 1 N–H and O–H groups in total. The maximum atomic E-state index is 12.2. The summed E-state index contributed by atoms with van der Waals surface area (Å²) >= 11 is 0. The summed E-state index contributed by atoms with van der Waals surface area (Å²) in [5.74, 6) is 0.669. The zero-order chi connectivity index (χ0) is 17.8. The zero-order valence-electron chi connectivity index (χ0n) is 14.7. The third kappa shape index (κ3) is 4.33. The number of nitrogens with zero attached hydrogens (tertiary/aromatic N) is 5. The van der Waals surface area contributed by atoms with Crippen LogP contribution >= 0.6 is 0 Å². The van der Waals surface area contributed by atoms with Gasteiger partial charge in [0.2, 0.25) is 5.91 Å². The average molecular weight is 344 g/mol. The summed E-state index contributed by atoms with van der Waals surface area (Å²) in [6, 6.07) is 3.98. The van der Waals surface area contributed by atoms with Crippen LogP contribution in [-0.2, 0) is 16.1 Å². The van der Waals surface area contributed by atoms with Gasteiger partial charge in [-0.25, -0.2) is 9.99 Å². The molecule has 2 amide bonds. The molecule has 2 aliphatic rings. The largest absolute Gasteiger partial charge is 0.354 e. The highest BCUT2D eigenvalue weighted by molar-refractivity contribution is 6.39. The molecule has 0 bridgehead atoms. The molecule has 2 aliphatic heterocycles. The average Bonchev–Trinajstić information content (AvgIpc) is 2.63. The molecule has 1 aromatic rings. The second kappa shape index (κ2) is 7.60. The van der Waals surface area contributed by atoms with Crippen LogP contribution in [0.1, 0.15) is 18.4 Å². The first-order valence-corrected chi connectivity index (χ1v) is 8.53. The summed E-state index contributed by atoms with van der Waals surface area (Å²) < 4.78 is 0. The van der Waals surface area contributed by atoms with Crippen molar-refractivity contribution in [1.29, 1.82) is 0 Å². The van der Waals surface area contributed by atoms with Crippen LogP contribution < -0.4 is 10.2 Å². The molecule has 1 aromatic heterocycles. The summed E-state index contributed by atoms with van der Waals surface area (Å²) in [5.41, 5.74) is 1.33. The molecule has 1 saturated heterocycles. The fourth-order valence-electron chi connectivity index (χ4n) is 2.86. The summed E-state index contributed by atoms with van der Waals surface area (Å²) in [6.07, 6.45) is 2.51. The quantitative estimate of drug-likeness (QED) is 0.835. The minimum atomic E-state index is -0.234. The van der Waals surface area contributed by atoms with Crippen LogP contribution in [0.4, 0.5) is 5.82 Å². The molecular weight excluding hydrogens is 320 g/mol. The number of nitrogens with one attached hydrogen (secondary N) is 1. The van der Waals surface area contributed by atoms with Crippen molar-refractivity contribution < 1.29 is 9.59 Å². The van der Waals surface area contributed by atoms with Crippen LogP contribution in [-0.4, -0.2) is 72.7 Å². The fourth-order valence-corrected chi connectivity index (χ4v) is 2.86. The smallest absolute Gasteiger partial charge is 0.267 e. The molecule has 8 nitrogen and oxygen atoms in total. The summed E-state index contributed by atoms with van der Waals surface area (Å²) in [5, 5.41) is 8.09. The number of amides is 2. The topological polar surface area (TPSA) is 81.1 Å². The van der Waals surface area contributed by atoms with E-state index < -0.39 is 0 Å². The van der Waals surface area contributed by atoms with Gasteiger partial charge in [-0.2, -0.15) is 5.10 Å². The van der Waals surface area contributed by atoms with E-state index in [0.717, 1.165) is 37.6 Å². The van der Waals surface area contributed by atoms with Crippen LogP contribution in [0.2, 0.25) is 0 Å². The van der Waals surface area contributed by atoms with E-state index in [1.165, 1.54) is 5.01 Å². The van der Waals surface area contributed by atoms with Gasteiger partial charge in [-0.1, -0.05) is 6.07 Å². The first-order chi connectivity index (χ1) is 12.0. The lowest BCUT2D eigenvalue weighted by Crippen LogP contribution is -2.44. The van der Waals surface area contributed by atoms with Gasteiger partial charge >= 0.3 is 0 Å². The molecule has 25 heavy (non-hydrogen) atoms. The van der Waals surface area contributed by atoms with Crippen molar-refractivity contribution in [3.05, 3.63) is 23.9 Å². The lowest BCUT2D eigenvalue weighted by molar-refractivity contribution is -0.130. The standard InChI is InChI=1S/C17H24N6O2/c1-21-7-9-23(10-8-21)15-5-3-13(11-18-15)12-19-17(25)14-4-6-16(24)22(2)20-14/h3,5,11H,4,6-10,12H2,1-2H3,(H,19,25). The van der Waals surface area contributed by atoms with Crippen LogP contribution in [0.15, 0.2) is 23.4 Å². The van der Waals surface area contributed by atoms with Crippen molar-refractivity contribution in [1.82, 2.24) is 20.2 Å². The SMILES string of the molecule is CN1CCN(c2ccc(CNC(=O)C3=NN(C)C(=O)CC3)cn2)CC1. The first-order valence-electron chi connectivity index (χ1n) is 8.53. The lowest BCUT2D eigenvalue weighted by atomic mass is 10.1. The van der Waals surface area contributed by atoms with Crippen molar-refractivity contribution in [2.45, 2.75) is 19.4 Å². The Hall–Kier alpha value is -2.48. The Kier molecular flexibility index (Phi) is 5.28. The second-order valence-corrected chi connectivity index (χ2v) is 6.46. The van der Waals surface area contributed by atoms with E-state index >= 15 is 0 Å². The number of likely N-dealkylation sites (N-methyl/N-ethyl adjacent to an activating group) is 1. The highest BCUT2D eigenvalue weighted by Crippen LogP contribution is 2.13. The van der Waals surface area contributed by atoms with Gasteiger partial charge in [-0.05, 0) is 18.7 Å². The number of anilines is 1. The van der Waals surface area contributed by atoms with Crippen LogP contribution in [0, 0.1) is 0 Å². The van der Waals surface area contributed by atoms with Crippen molar-refractivity contribution in [2.75, 3.05) is 45.2 Å². The van der Waals surface area contributed by atoms with Gasteiger partial charge in [0.15, 0.2) is 0 Å². The second-order valence-electron chi connectivity index (χ2n) is 6.46. The maximum Gasteiger partial charge on any atom is 0.267 e. The van der Waals surface area contributed by atoms with E-state index in [4.69, 9.17) is 0 Å². The summed E-state index contributed by atoms with van der Waals surface area (Å²) in [7, 11) is 3.69. The van der Waals surface area contributed by atoms with Crippen LogP contribution in [0.5, 0.6) is 0 Å². The Morgan fingerprint density at radius 2 is 1.92 bits per heavy atom. The van der Waals surface area contributed by atoms with Gasteiger partial charge in [0.1, 0.15) is 11.5 Å². The van der Waals surface area contributed by atoms with Crippen LogP contribution in [0.3, 0.4) is 0 Å². The van der Waals surface area contributed by atoms with E-state index in [1.54, 1.807) is 13.2 Å². The van der Waals surface area contributed by atoms with Gasteiger partial charge in [0, 0.05) is 58.8 Å². The highest BCUT2D eigenvalue weighted by Gasteiger charge is 2.21. The van der Waals surface area contributed by atoms with Crippen molar-refractivity contribution in [3.8, 4) is 0 Å². The van der Waals surface area contributed by atoms with Crippen molar-refractivity contribution in [3.63, 3.8) is 0 Å². The number of hydrazone groups is 1. The van der Waals surface area contributed by atoms with Gasteiger partial charge in [-0.3, -0.25) is 9.59 Å². The molecule has 0 spiro atoms. The zero-order valence-corrected chi connectivity index (χ0v) is 14.7. The normalized spacial score (nSPS) is 19.0. The lowest BCUT2D eigenvalue weighted by Gasteiger charge is -2.33. The number of carbonyl (C=O) groups excluding carboxylic acids is 2. The van der Waals surface area contributed by atoms with E-state index in [9.17, 15) is 9.59 Å². The molecule has 8 heteroatoms. The van der Waals surface area contributed by atoms with Crippen molar-refractivity contribution >= 4 is 23.3 Å². The minimum absolute atomic E-state index is 0.0692. The molecule has 0 aliphatic carbocycles. The van der Waals surface area contributed by atoms with E-state index in [1.807, 2.05) is 12.1 Å². The van der Waals surface area contributed by atoms with Crippen LogP contribution in [0.25, 0.3) is 0 Å². The molecule has 0 unspecified atom stereocenters. The molecule has 0 atom stereocenters. The molecule has 0 saturated carbocycles. The predicted molar refractivity (Wildman–Crippen MR) is 95.2 cm³/mol. The first kappa shape index (κ1) is 17.3. The van der Waals surface area contributed by atoms with Crippen molar-refractivity contribution in [2.24, 2.45) is 5.10 Å². The summed E-state index contributed by atoms with van der Waals surface area (Å²) in [4.78, 5) is 32.6. The van der Waals surface area contributed by atoms with Gasteiger partial charge in [0.05, 0.1) is 0 Å². The molecular formula is C17H24N6O2. The van der Waals surface area contributed by atoms with E-state index in [-0.39, 0.29) is 11.8 Å². The predicted octanol–water partition coefficient (Wildman–Crippen LogP) is 0.0578. The monoisotopic (exact) mass is 344 g/mol. The minimum Gasteiger partial charge on any atom is -0.354 e. The Bertz CT molecular complexity index is 664. The summed E-state index contributed by atoms with van der Waals surface area (Å²) in [6.45, 7) is 4.43. The van der Waals surface area contributed by atoms with Gasteiger partial charge in [0.25, 0.3) is 5.91 Å². The number of carbonyl (C=O) groups is 2. The third-order valence-corrected chi connectivity index (χ3v) is 4.56. The number of aromatic nitrogens is 1. The number of hydrogen-bond donors (Lipinski definition) is 1. The molecule has 134 valence electrons. The van der Waals surface area contributed by atoms with E-state index in [0.29, 0.717) is 25.1 Å². The Labute approximate surface area is 147 Å². The van der Waals surface area contributed by atoms with Gasteiger partial charge < -0.3 is 15.1 Å². The molecule has 0 aromatic carbocycles. The maximum absolute atomic E-state index is 12.2. The highest BCUT2D eigenvalue weighted by atomic mass is 16.2. The number of rotatable bonds is 4. The molecule has 1 fully saturated rings. The Morgan fingerprint density at radius 1 is 1.16 bits per heavy atom. The van der Waals surface area contributed by atoms with E-state index in [2.05, 4.69) is 32.2 Å². The molecule has 0 radical (unpaired) electrons. The number of piperazine rings is 1. The number of hydrogen-bond acceptors (Lipinski definition) is 6.